The molecule has 1 aliphatic rings. The molecule has 0 fully saturated rings. The van der Waals surface area contributed by atoms with Crippen LogP contribution in [-0.4, -0.2) is 29.9 Å². The lowest BCUT2D eigenvalue weighted by Gasteiger charge is -2.31. The fourth-order valence-corrected chi connectivity index (χ4v) is 3.40. The van der Waals surface area contributed by atoms with Gasteiger partial charge < -0.3 is 9.64 Å². The summed E-state index contributed by atoms with van der Waals surface area (Å²) >= 11 is 0. The second-order valence-corrected chi connectivity index (χ2v) is 6.98. The summed E-state index contributed by atoms with van der Waals surface area (Å²) in [6.07, 6.45) is 0. The molecule has 0 aliphatic carbocycles. The van der Waals surface area contributed by atoms with Crippen LogP contribution >= 0.6 is 0 Å². The molecule has 2 amide bonds. The van der Waals surface area contributed by atoms with Crippen LogP contribution in [0.2, 0.25) is 0 Å². The number of fused-ring (bicyclic) bond motifs is 1. The molecule has 156 valence electrons. The fourth-order valence-electron chi connectivity index (χ4n) is 3.40. The maximum Gasteiger partial charge on any atom is 0.271 e. The van der Waals surface area contributed by atoms with E-state index in [0.29, 0.717) is 18.0 Å². The van der Waals surface area contributed by atoms with Crippen LogP contribution in [0.25, 0.3) is 0 Å². The number of ether oxygens (including phenoxy) is 1. The average Bonchev–Trinajstić information content (AvgIpc) is 2.80. The molecule has 0 N–H and O–H groups in total. The van der Waals surface area contributed by atoms with Gasteiger partial charge in [0.1, 0.15) is 12.3 Å². The van der Waals surface area contributed by atoms with Crippen molar-refractivity contribution < 1.29 is 19.2 Å². The molecule has 0 unspecified atom stereocenters. The van der Waals surface area contributed by atoms with E-state index < -0.39 is 10.8 Å². The molecule has 8 nitrogen and oxygen atoms in total. The van der Waals surface area contributed by atoms with E-state index in [2.05, 4.69) is 0 Å². The number of nitro benzene ring substituents is 1. The minimum absolute atomic E-state index is 0.182. The van der Waals surface area contributed by atoms with E-state index in [-0.39, 0.29) is 30.4 Å². The second kappa shape index (κ2) is 8.66. The zero-order valence-electron chi connectivity index (χ0n) is 16.5. The summed E-state index contributed by atoms with van der Waals surface area (Å²) in [6.45, 7) is -0.176. The van der Waals surface area contributed by atoms with Crippen molar-refractivity contribution in [2.45, 2.75) is 6.54 Å². The third-order valence-corrected chi connectivity index (χ3v) is 4.94. The molecule has 0 radical (unpaired) electrons. The van der Waals surface area contributed by atoms with Crippen molar-refractivity contribution in [2.75, 3.05) is 23.0 Å². The number of benzene rings is 3. The predicted octanol–water partition coefficient (Wildman–Crippen LogP) is 3.55. The first-order chi connectivity index (χ1) is 15.0. The second-order valence-electron chi connectivity index (χ2n) is 6.98. The summed E-state index contributed by atoms with van der Waals surface area (Å²) in [5.74, 6) is -0.427. The van der Waals surface area contributed by atoms with Crippen molar-refractivity contribution >= 4 is 28.9 Å². The van der Waals surface area contributed by atoms with Crippen molar-refractivity contribution in [3.05, 3.63) is 94.5 Å². The molecule has 3 aromatic rings. The van der Waals surface area contributed by atoms with E-state index in [9.17, 15) is 19.7 Å². The Labute approximate surface area is 178 Å². The van der Waals surface area contributed by atoms with Gasteiger partial charge in [0.15, 0.2) is 6.61 Å². The Bertz CT molecular complexity index is 1120. The van der Waals surface area contributed by atoms with Crippen molar-refractivity contribution in [1.29, 1.82) is 0 Å². The Morgan fingerprint density at radius 2 is 1.71 bits per heavy atom. The molecule has 3 aromatic carbocycles. The number of hydrogen-bond acceptors (Lipinski definition) is 5. The number of amides is 2. The minimum Gasteiger partial charge on any atom is -0.482 e. The topological polar surface area (TPSA) is 93.0 Å². The quantitative estimate of drug-likeness (QED) is 0.452. The van der Waals surface area contributed by atoms with E-state index in [4.69, 9.17) is 4.74 Å². The molecular formula is C23H19N3O5. The summed E-state index contributed by atoms with van der Waals surface area (Å²) in [5.41, 5.74) is 1.66. The lowest BCUT2D eigenvalue weighted by molar-refractivity contribution is -0.384. The highest BCUT2D eigenvalue weighted by Crippen LogP contribution is 2.35. The zero-order chi connectivity index (χ0) is 21.8. The van der Waals surface area contributed by atoms with Gasteiger partial charge in [-0.15, -0.1) is 0 Å². The van der Waals surface area contributed by atoms with Crippen molar-refractivity contribution in [2.24, 2.45) is 0 Å². The highest BCUT2D eigenvalue weighted by Gasteiger charge is 2.31. The first-order valence-electron chi connectivity index (χ1n) is 9.64. The van der Waals surface area contributed by atoms with Crippen LogP contribution in [0.15, 0.2) is 78.9 Å². The third kappa shape index (κ3) is 4.37. The van der Waals surface area contributed by atoms with Crippen LogP contribution in [0.5, 0.6) is 5.75 Å². The molecule has 8 heteroatoms. The van der Waals surface area contributed by atoms with Crippen LogP contribution in [0, 0.1) is 10.1 Å². The normalized spacial score (nSPS) is 12.6. The Balaban J connectivity index is 1.65. The van der Waals surface area contributed by atoms with Crippen molar-refractivity contribution in [3.8, 4) is 5.75 Å². The zero-order valence-corrected chi connectivity index (χ0v) is 16.5. The predicted molar refractivity (Wildman–Crippen MR) is 115 cm³/mol. The maximum atomic E-state index is 13.3. The molecule has 0 saturated carbocycles. The molecule has 0 bridgehead atoms. The number of carbonyl (C=O) groups is 2. The lowest BCUT2D eigenvalue weighted by atomic mass is 10.1. The first-order valence-corrected chi connectivity index (χ1v) is 9.64. The van der Waals surface area contributed by atoms with Gasteiger partial charge in [0.05, 0.1) is 17.2 Å². The van der Waals surface area contributed by atoms with E-state index in [1.807, 2.05) is 60.7 Å². The molecular weight excluding hydrogens is 398 g/mol. The van der Waals surface area contributed by atoms with Crippen LogP contribution in [0.3, 0.4) is 0 Å². The summed E-state index contributed by atoms with van der Waals surface area (Å²) in [7, 11) is 0. The Morgan fingerprint density at radius 1 is 1.03 bits per heavy atom. The lowest BCUT2D eigenvalue weighted by Crippen LogP contribution is -2.46. The number of non-ortho nitro benzene ring substituents is 1. The average molecular weight is 417 g/mol. The highest BCUT2D eigenvalue weighted by atomic mass is 16.6. The van der Waals surface area contributed by atoms with E-state index in [1.165, 1.54) is 23.1 Å². The molecule has 0 aromatic heterocycles. The number of hydrogen-bond donors (Lipinski definition) is 0. The van der Waals surface area contributed by atoms with Gasteiger partial charge >= 0.3 is 0 Å². The Hall–Kier alpha value is -4.20. The summed E-state index contributed by atoms with van der Waals surface area (Å²) in [6, 6.07) is 22.7. The molecule has 4 rings (SSSR count). The first kappa shape index (κ1) is 20.1. The van der Waals surface area contributed by atoms with Gasteiger partial charge in [0.25, 0.3) is 11.6 Å². The number of nitrogens with zero attached hydrogens (tertiary/aromatic N) is 3. The Morgan fingerprint density at radius 3 is 2.39 bits per heavy atom. The van der Waals surface area contributed by atoms with Gasteiger partial charge in [-0.25, -0.2) is 0 Å². The van der Waals surface area contributed by atoms with Crippen LogP contribution in [0.1, 0.15) is 5.56 Å². The van der Waals surface area contributed by atoms with Crippen LogP contribution in [-0.2, 0) is 16.1 Å². The van der Waals surface area contributed by atoms with Gasteiger partial charge in [0, 0.05) is 17.8 Å². The van der Waals surface area contributed by atoms with Gasteiger partial charge in [-0.3, -0.25) is 24.6 Å². The van der Waals surface area contributed by atoms with E-state index >= 15 is 0 Å². The smallest absolute Gasteiger partial charge is 0.271 e. The molecule has 1 heterocycles. The van der Waals surface area contributed by atoms with Gasteiger partial charge in [-0.2, -0.15) is 0 Å². The van der Waals surface area contributed by atoms with Crippen molar-refractivity contribution in [1.82, 2.24) is 0 Å². The van der Waals surface area contributed by atoms with Crippen molar-refractivity contribution in [3.63, 3.8) is 0 Å². The maximum absolute atomic E-state index is 13.3. The van der Waals surface area contributed by atoms with Gasteiger partial charge in [0.2, 0.25) is 5.91 Å². The number of rotatable bonds is 6. The summed E-state index contributed by atoms with van der Waals surface area (Å²) < 4.78 is 5.38. The minimum atomic E-state index is -0.551. The SMILES string of the molecule is O=C(CN1C(=O)COc2ccc([N+](=O)[O-])cc21)N(Cc1ccccc1)c1ccccc1. The molecule has 1 aliphatic heterocycles. The number of para-hydroxylation sites is 1. The largest absolute Gasteiger partial charge is 0.482 e. The molecule has 0 saturated heterocycles. The molecule has 0 atom stereocenters. The van der Waals surface area contributed by atoms with Crippen LogP contribution in [0.4, 0.5) is 17.1 Å². The molecule has 31 heavy (non-hydrogen) atoms. The molecule has 0 spiro atoms. The standard InChI is InChI=1S/C23H19N3O5/c27-22(24(18-9-5-2-6-10-18)14-17-7-3-1-4-8-17)15-25-20-13-19(26(29)30)11-12-21(20)31-16-23(25)28/h1-13H,14-16H2. The number of carbonyl (C=O) groups excluding carboxylic acids is 2. The Kier molecular flexibility index (Phi) is 5.61. The van der Waals surface area contributed by atoms with E-state index in [0.717, 1.165) is 5.56 Å². The number of anilines is 2. The summed E-state index contributed by atoms with van der Waals surface area (Å²) in [5, 5.41) is 11.2. The number of nitro groups is 1. The van der Waals surface area contributed by atoms with E-state index in [1.54, 1.807) is 4.90 Å². The summed E-state index contributed by atoms with van der Waals surface area (Å²) in [4.78, 5) is 39.4. The monoisotopic (exact) mass is 417 g/mol. The highest BCUT2D eigenvalue weighted by molar-refractivity contribution is 6.06. The van der Waals surface area contributed by atoms with Crippen LogP contribution < -0.4 is 14.5 Å². The van der Waals surface area contributed by atoms with Gasteiger partial charge in [-0.1, -0.05) is 48.5 Å². The fraction of sp³-hybridized carbons (Fsp3) is 0.130. The van der Waals surface area contributed by atoms with Gasteiger partial charge in [-0.05, 0) is 23.8 Å². The third-order valence-electron chi connectivity index (χ3n) is 4.94.